The highest BCUT2D eigenvalue weighted by atomic mass is 35.5. The van der Waals surface area contributed by atoms with Crippen LogP contribution in [-0.4, -0.2) is 45.2 Å². The summed E-state index contributed by atoms with van der Waals surface area (Å²) in [6, 6.07) is 7.90. The summed E-state index contributed by atoms with van der Waals surface area (Å²) in [4.78, 5) is 25.2. The first-order valence-corrected chi connectivity index (χ1v) is 8.54. The van der Waals surface area contributed by atoms with Crippen LogP contribution in [0.3, 0.4) is 0 Å². The quantitative estimate of drug-likeness (QED) is 0.850. The Hall–Kier alpha value is -2.38. The standard InChI is InChI=1S/C17H15Cl2N3O4/c1-17(16(24)25)7-8-22(9-17)15(23)11-5-6-13(21-20-11)26-12-4-2-3-10(18)14(12)19/h2-6H,7-9H2,1H3,(H,24,25). The van der Waals surface area contributed by atoms with E-state index in [1.165, 1.54) is 17.0 Å². The molecule has 0 bridgehead atoms. The zero-order valence-corrected chi connectivity index (χ0v) is 15.3. The van der Waals surface area contributed by atoms with E-state index in [9.17, 15) is 14.7 Å². The first kappa shape index (κ1) is 18.4. The Labute approximate surface area is 159 Å². The molecule has 1 unspecified atom stereocenters. The van der Waals surface area contributed by atoms with Crippen molar-refractivity contribution in [1.82, 2.24) is 15.1 Å². The van der Waals surface area contributed by atoms with Crippen molar-refractivity contribution in [3.63, 3.8) is 0 Å². The zero-order valence-electron chi connectivity index (χ0n) is 13.8. The molecule has 1 aliphatic rings. The van der Waals surface area contributed by atoms with E-state index in [4.69, 9.17) is 27.9 Å². The van der Waals surface area contributed by atoms with Gasteiger partial charge in [0.15, 0.2) is 5.69 Å². The number of benzene rings is 1. The average Bonchev–Trinajstić information content (AvgIpc) is 3.03. The summed E-state index contributed by atoms with van der Waals surface area (Å²) in [6.45, 7) is 2.12. The molecule has 26 heavy (non-hydrogen) atoms. The molecule has 9 heteroatoms. The van der Waals surface area contributed by atoms with Crippen LogP contribution in [0.25, 0.3) is 0 Å². The second kappa shape index (κ2) is 7.09. The molecule has 0 spiro atoms. The first-order chi connectivity index (χ1) is 12.3. The van der Waals surface area contributed by atoms with Gasteiger partial charge in [0.05, 0.1) is 10.4 Å². The van der Waals surface area contributed by atoms with E-state index in [1.54, 1.807) is 25.1 Å². The summed E-state index contributed by atoms with van der Waals surface area (Å²) in [5.74, 6) is -0.803. The lowest BCUT2D eigenvalue weighted by atomic mass is 9.90. The number of likely N-dealkylation sites (tertiary alicyclic amines) is 1. The van der Waals surface area contributed by atoms with Crippen LogP contribution in [-0.2, 0) is 4.79 Å². The number of ether oxygens (including phenoxy) is 1. The zero-order chi connectivity index (χ0) is 18.9. The molecule has 1 aromatic heterocycles. The van der Waals surface area contributed by atoms with E-state index in [-0.39, 0.29) is 29.0 Å². The Bertz CT molecular complexity index is 860. The van der Waals surface area contributed by atoms with E-state index in [2.05, 4.69) is 10.2 Å². The van der Waals surface area contributed by atoms with Gasteiger partial charge < -0.3 is 14.7 Å². The normalized spacial score (nSPS) is 19.4. The van der Waals surface area contributed by atoms with Gasteiger partial charge in [-0.1, -0.05) is 29.3 Å². The van der Waals surface area contributed by atoms with Crippen molar-refractivity contribution in [2.75, 3.05) is 13.1 Å². The van der Waals surface area contributed by atoms with E-state index in [0.717, 1.165) is 0 Å². The van der Waals surface area contributed by atoms with Gasteiger partial charge in [0.25, 0.3) is 5.91 Å². The van der Waals surface area contributed by atoms with Gasteiger partial charge in [0, 0.05) is 19.2 Å². The molecule has 136 valence electrons. The highest BCUT2D eigenvalue weighted by Crippen LogP contribution is 2.34. The number of carboxylic acid groups (broad SMARTS) is 1. The second-order valence-corrected chi connectivity index (χ2v) is 7.04. The lowest BCUT2D eigenvalue weighted by Gasteiger charge is -2.19. The third-order valence-electron chi connectivity index (χ3n) is 4.27. The summed E-state index contributed by atoms with van der Waals surface area (Å²) in [5, 5.41) is 17.6. The van der Waals surface area contributed by atoms with Gasteiger partial charge in [-0.2, -0.15) is 0 Å². The molecule has 3 rings (SSSR count). The van der Waals surface area contributed by atoms with E-state index in [0.29, 0.717) is 23.7 Å². The van der Waals surface area contributed by atoms with Crippen LogP contribution < -0.4 is 4.74 Å². The molecule has 1 amide bonds. The molecule has 1 aliphatic heterocycles. The number of hydrogen-bond acceptors (Lipinski definition) is 5. The van der Waals surface area contributed by atoms with Gasteiger partial charge in [-0.05, 0) is 31.5 Å². The van der Waals surface area contributed by atoms with Crippen molar-refractivity contribution >= 4 is 35.1 Å². The summed E-state index contributed by atoms with van der Waals surface area (Å²) >= 11 is 12.0. The van der Waals surface area contributed by atoms with Gasteiger partial charge in [0.2, 0.25) is 5.88 Å². The van der Waals surface area contributed by atoms with Crippen LogP contribution in [0.2, 0.25) is 10.0 Å². The largest absolute Gasteiger partial charge is 0.481 e. The SMILES string of the molecule is CC1(C(=O)O)CCN(C(=O)c2ccc(Oc3cccc(Cl)c3Cl)nn2)C1. The lowest BCUT2D eigenvalue weighted by molar-refractivity contribution is -0.147. The fraction of sp³-hybridized carbons (Fsp3) is 0.294. The molecule has 0 radical (unpaired) electrons. The Balaban J connectivity index is 1.71. The van der Waals surface area contributed by atoms with Crippen molar-refractivity contribution in [2.24, 2.45) is 5.41 Å². The number of aromatic nitrogens is 2. The first-order valence-electron chi connectivity index (χ1n) is 7.78. The Kier molecular flexibility index (Phi) is 5.02. The average molecular weight is 396 g/mol. The summed E-state index contributed by atoms with van der Waals surface area (Å²) in [6.07, 6.45) is 0.399. The van der Waals surface area contributed by atoms with Crippen LogP contribution in [0.4, 0.5) is 0 Å². The Morgan fingerprint density at radius 1 is 1.23 bits per heavy atom. The van der Waals surface area contributed by atoms with Crippen LogP contribution >= 0.6 is 23.2 Å². The molecule has 1 N–H and O–H groups in total. The predicted molar refractivity (Wildman–Crippen MR) is 94.8 cm³/mol. The summed E-state index contributed by atoms with van der Waals surface area (Å²) < 4.78 is 5.52. The maximum absolute atomic E-state index is 12.5. The number of carbonyl (C=O) groups is 2. The molecule has 2 heterocycles. The van der Waals surface area contributed by atoms with Gasteiger partial charge in [-0.25, -0.2) is 0 Å². The highest BCUT2D eigenvalue weighted by Gasteiger charge is 2.42. The van der Waals surface area contributed by atoms with E-state index in [1.807, 2.05) is 0 Å². The highest BCUT2D eigenvalue weighted by molar-refractivity contribution is 6.42. The molecule has 1 fully saturated rings. The minimum atomic E-state index is -0.935. The van der Waals surface area contributed by atoms with Crippen molar-refractivity contribution < 1.29 is 19.4 Å². The maximum atomic E-state index is 12.5. The lowest BCUT2D eigenvalue weighted by Crippen LogP contribution is -2.35. The molecule has 0 saturated carbocycles. The fourth-order valence-corrected chi connectivity index (χ4v) is 2.97. The van der Waals surface area contributed by atoms with Crippen LogP contribution in [0, 0.1) is 5.41 Å². The fourth-order valence-electron chi connectivity index (χ4n) is 2.64. The van der Waals surface area contributed by atoms with Crippen molar-refractivity contribution in [1.29, 1.82) is 0 Å². The van der Waals surface area contributed by atoms with E-state index >= 15 is 0 Å². The molecule has 1 aromatic carbocycles. The number of aliphatic carboxylic acids is 1. The Morgan fingerprint density at radius 3 is 2.62 bits per heavy atom. The number of amides is 1. The maximum Gasteiger partial charge on any atom is 0.311 e. The number of nitrogens with zero attached hydrogens (tertiary/aromatic N) is 3. The summed E-state index contributed by atoms with van der Waals surface area (Å²) in [5.41, 5.74) is -0.820. The van der Waals surface area contributed by atoms with Gasteiger partial charge in [-0.15, -0.1) is 10.2 Å². The molecule has 1 saturated heterocycles. The predicted octanol–water partition coefficient (Wildman–Crippen LogP) is 3.51. The minimum absolute atomic E-state index is 0.115. The monoisotopic (exact) mass is 395 g/mol. The second-order valence-electron chi connectivity index (χ2n) is 6.25. The number of carboxylic acids is 1. The van der Waals surface area contributed by atoms with Crippen LogP contribution in [0.15, 0.2) is 30.3 Å². The number of carbonyl (C=O) groups excluding carboxylic acids is 1. The summed E-state index contributed by atoms with van der Waals surface area (Å²) in [7, 11) is 0. The molecule has 7 nitrogen and oxygen atoms in total. The van der Waals surface area contributed by atoms with Gasteiger partial charge in [-0.3, -0.25) is 9.59 Å². The van der Waals surface area contributed by atoms with Crippen molar-refractivity contribution in [3.8, 4) is 11.6 Å². The number of rotatable bonds is 4. The number of hydrogen-bond donors (Lipinski definition) is 1. The van der Waals surface area contributed by atoms with Crippen LogP contribution in [0.1, 0.15) is 23.8 Å². The molecule has 1 atom stereocenters. The number of halogens is 2. The van der Waals surface area contributed by atoms with Gasteiger partial charge in [0.1, 0.15) is 10.8 Å². The Morgan fingerprint density at radius 2 is 2.00 bits per heavy atom. The van der Waals surface area contributed by atoms with Crippen LogP contribution in [0.5, 0.6) is 11.6 Å². The van der Waals surface area contributed by atoms with E-state index < -0.39 is 11.4 Å². The van der Waals surface area contributed by atoms with Crippen molar-refractivity contribution in [3.05, 3.63) is 46.1 Å². The third kappa shape index (κ3) is 3.59. The third-order valence-corrected chi connectivity index (χ3v) is 5.07. The molecule has 0 aliphatic carbocycles. The minimum Gasteiger partial charge on any atom is -0.481 e. The van der Waals surface area contributed by atoms with Gasteiger partial charge >= 0.3 is 5.97 Å². The molecular formula is C17H15Cl2N3O4. The topological polar surface area (TPSA) is 92.6 Å². The molecular weight excluding hydrogens is 381 g/mol. The van der Waals surface area contributed by atoms with Crippen molar-refractivity contribution in [2.45, 2.75) is 13.3 Å². The smallest absolute Gasteiger partial charge is 0.311 e. The molecule has 2 aromatic rings.